The van der Waals surface area contributed by atoms with Crippen LogP contribution in [0.1, 0.15) is 56.2 Å². The van der Waals surface area contributed by atoms with E-state index in [0.717, 1.165) is 48.5 Å². The van der Waals surface area contributed by atoms with Crippen LogP contribution in [-0.4, -0.2) is 51.0 Å². The van der Waals surface area contributed by atoms with E-state index in [0.29, 0.717) is 12.4 Å². The van der Waals surface area contributed by atoms with Crippen molar-refractivity contribution in [1.29, 1.82) is 0 Å². The molecule has 1 aromatic heterocycles. The molecule has 0 spiro atoms. The molecular weight excluding hydrogens is 548 g/mol. The maximum absolute atomic E-state index is 13.0. The van der Waals surface area contributed by atoms with E-state index in [1.165, 1.54) is 29.5 Å². The standard InChI is InChI=1S/C26H35ClN4O5S2/c1-26(2,3)36-24(33)22(31-38(34,35)21-10-6-8-18(27)16-21)17-20-13-12-19(37-20)9-4-5-11-23(32)30-25-28-14-7-15-29-25/h6,8,10,12-13,16,22,31H,4-5,7,9,11,14-15,17H2,1-3H3,(H2,28,29,30,32). The third-order valence-electron chi connectivity index (χ3n) is 5.45. The smallest absolute Gasteiger partial charge is 0.325 e. The molecule has 0 saturated heterocycles. The second kappa shape index (κ2) is 13.5. The summed E-state index contributed by atoms with van der Waals surface area (Å²) in [6, 6.07) is 8.62. The number of halogens is 1. The van der Waals surface area contributed by atoms with Gasteiger partial charge in [-0.1, -0.05) is 17.7 Å². The van der Waals surface area contributed by atoms with Crippen LogP contribution in [0.15, 0.2) is 46.3 Å². The van der Waals surface area contributed by atoms with Gasteiger partial charge in [0.25, 0.3) is 0 Å². The van der Waals surface area contributed by atoms with Crippen LogP contribution in [0.3, 0.4) is 0 Å². The number of hydrogen-bond donors (Lipinski definition) is 3. The molecule has 1 aliphatic rings. The van der Waals surface area contributed by atoms with Gasteiger partial charge in [0.15, 0.2) is 5.96 Å². The number of sulfonamides is 1. The Hall–Kier alpha value is -2.47. The lowest BCUT2D eigenvalue weighted by Crippen LogP contribution is -2.45. The van der Waals surface area contributed by atoms with Crippen LogP contribution in [0.5, 0.6) is 0 Å². The second-order valence-corrected chi connectivity index (χ2v) is 13.4. The maximum Gasteiger partial charge on any atom is 0.325 e. The summed E-state index contributed by atoms with van der Waals surface area (Å²) in [7, 11) is -4.01. The van der Waals surface area contributed by atoms with Crippen LogP contribution in [0.4, 0.5) is 0 Å². The van der Waals surface area contributed by atoms with Crippen LogP contribution >= 0.6 is 22.9 Å². The molecule has 0 radical (unpaired) electrons. The Labute approximate surface area is 233 Å². The fourth-order valence-corrected chi connectivity index (χ4v) is 6.29. The van der Waals surface area contributed by atoms with Gasteiger partial charge in [0.05, 0.1) is 4.90 Å². The second-order valence-electron chi connectivity index (χ2n) is 10.0. The molecule has 2 aromatic rings. The number of carbonyl (C=O) groups excluding carboxylic acids is 2. The lowest BCUT2D eigenvalue weighted by atomic mass is 10.1. The van der Waals surface area contributed by atoms with Crippen molar-refractivity contribution >= 4 is 50.8 Å². The van der Waals surface area contributed by atoms with Gasteiger partial charge in [0, 0.05) is 40.7 Å². The molecule has 208 valence electrons. The number of ether oxygens (including phenoxy) is 1. The summed E-state index contributed by atoms with van der Waals surface area (Å²) < 4.78 is 34.0. The first-order valence-corrected chi connectivity index (χ1v) is 15.3. The van der Waals surface area contributed by atoms with E-state index < -0.39 is 27.6 Å². The first-order chi connectivity index (χ1) is 17.9. The Bertz CT molecular complexity index is 1250. The fourth-order valence-electron chi connectivity index (χ4n) is 3.70. The van der Waals surface area contributed by atoms with Crippen molar-refractivity contribution in [2.75, 3.05) is 13.1 Å². The number of unbranched alkanes of at least 4 members (excludes halogenated alkanes) is 1. The van der Waals surface area contributed by atoms with Crippen LogP contribution in [0, 0.1) is 0 Å². The SMILES string of the molecule is CC(C)(C)OC(=O)C(Cc1ccc(CCCCC(=O)NC2=NCCCN2)s1)NS(=O)(=O)c1cccc(Cl)c1. The highest BCUT2D eigenvalue weighted by Gasteiger charge is 2.30. The van der Waals surface area contributed by atoms with Crippen molar-refractivity contribution in [2.45, 2.75) is 75.8 Å². The van der Waals surface area contributed by atoms with E-state index in [2.05, 4.69) is 20.3 Å². The quantitative estimate of drug-likeness (QED) is 0.273. The summed E-state index contributed by atoms with van der Waals surface area (Å²) >= 11 is 7.49. The molecule has 2 heterocycles. The average molecular weight is 583 g/mol. The minimum absolute atomic E-state index is 0.0270. The van der Waals surface area contributed by atoms with Gasteiger partial charge >= 0.3 is 5.97 Å². The number of benzene rings is 1. The number of hydrogen-bond acceptors (Lipinski definition) is 8. The van der Waals surface area contributed by atoms with Crippen molar-refractivity contribution < 1.29 is 22.7 Å². The van der Waals surface area contributed by atoms with Gasteiger partial charge < -0.3 is 10.1 Å². The van der Waals surface area contributed by atoms with Crippen molar-refractivity contribution in [3.05, 3.63) is 51.2 Å². The van der Waals surface area contributed by atoms with Gasteiger partial charge in [0.1, 0.15) is 11.6 Å². The minimum Gasteiger partial charge on any atom is -0.459 e. The predicted octanol–water partition coefficient (Wildman–Crippen LogP) is 3.81. The Morgan fingerprint density at radius 3 is 2.63 bits per heavy atom. The molecule has 1 atom stereocenters. The first-order valence-electron chi connectivity index (χ1n) is 12.6. The number of amides is 1. The Morgan fingerprint density at radius 1 is 1.18 bits per heavy atom. The maximum atomic E-state index is 13.0. The number of guanidine groups is 1. The number of carbonyl (C=O) groups is 2. The van der Waals surface area contributed by atoms with E-state index in [4.69, 9.17) is 16.3 Å². The highest BCUT2D eigenvalue weighted by Crippen LogP contribution is 2.23. The van der Waals surface area contributed by atoms with E-state index in [-0.39, 0.29) is 22.2 Å². The topological polar surface area (TPSA) is 126 Å². The number of esters is 1. The molecule has 0 fully saturated rings. The zero-order valence-electron chi connectivity index (χ0n) is 21.9. The Morgan fingerprint density at radius 2 is 1.95 bits per heavy atom. The molecule has 0 aliphatic carbocycles. The molecule has 0 saturated carbocycles. The van der Waals surface area contributed by atoms with Crippen molar-refractivity contribution in [2.24, 2.45) is 4.99 Å². The molecule has 1 amide bonds. The molecular formula is C26H35ClN4O5S2. The Balaban J connectivity index is 1.58. The van der Waals surface area contributed by atoms with Crippen molar-refractivity contribution in [3.8, 4) is 0 Å². The number of rotatable bonds is 11. The molecule has 9 nitrogen and oxygen atoms in total. The van der Waals surface area contributed by atoms with Gasteiger partial charge in [-0.25, -0.2) is 8.42 Å². The van der Waals surface area contributed by atoms with Gasteiger partial charge in [-0.05, 0) is 76.8 Å². The largest absolute Gasteiger partial charge is 0.459 e. The molecule has 1 aromatic carbocycles. The van der Waals surface area contributed by atoms with E-state index >= 15 is 0 Å². The predicted molar refractivity (Wildman–Crippen MR) is 150 cm³/mol. The average Bonchev–Trinajstić information content (AvgIpc) is 3.28. The van der Waals surface area contributed by atoms with Crippen molar-refractivity contribution in [1.82, 2.24) is 15.4 Å². The Kier molecular flexibility index (Phi) is 10.7. The molecule has 1 unspecified atom stereocenters. The van der Waals surface area contributed by atoms with E-state index in [1.54, 1.807) is 26.8 Å². The zero-order valence-corrected chi connectivity index (χ0v) is 24.3. The van der Waals surface area contributed by atoms with Crippen LogP contribution in [0.2, 0.25) is 5.02 Å². The number of nitrogens with zero attached hydrogens (tertiary/aromatic N) is 1. The summed E-state index contributed by atoms with van der Waals surface area (Å²) in [5.74, 6) is -0.159. The third-order valence-corrected chi connectivity index (χ3v) is 8.32. The molecule has 0 bridgehead atoms. The van der Waals surface area contributed by atoms with Crippen LogP contribution < -0.4 is 15.4 Å². The zero-order chi connectivity index (χ0) is 27.8. The van der Waals surface area contributed by atoms with Crippen molar-refractivity contribution in [3.63, 3.8) is 0 Å². The minimum atomic E-state index is -4.01. The van der Waals surface area contributed by atoms with Gasteiger partial charge in [0.2, 0.25) is 15.9 Å². The molecule has 38 heavy (non-hydrogen) atoms. The molecule has 3 rings (SSSR count). The number of nitrogens with one attached hydrogen (secondary N) is 3. The van der Waals surface area contributed by atoms with Crippen LogP contribution in [-0.2, 0) is 37.2 Å². The monoisotopic (exact) mass is 582 g/mol. The summed E-state index contributed by atoms with van der Waals surface area (Å²) in [6.45, 7) is 6.74. The summed E-state index contributed by atoms with van der Waals surface area (Å²) in [6.07, 6.45) is 3.86. The summed E-state index contributed by atoms with van der Waals surface area (Å²) in [5, 5.41) is 6.15. The van der Waals surface area contributed by atoms with Crippen LogP contribution in [0.25, 0.3) is 0 Å². The fraction of sp³-hybridized carbons (Fsp3) is 0.500. The molecule has 12 heteroatoms. The van der Waals surface area contributed by atoms with E-state index in [9.17, 15) is 18.0 Å². The summed E-state index contributed by atoms with van der Waals surface area (Å²) in [4.78, 5) is 31.2. The molecule has 1 aliphatic heterocycles. The lowest BCUT2D eigenvalue weighted by molar-refractivity contribution is -0.156. The third kappa shape index (κ3) is 10.0. The summed E-state index contributed by atoms with van der Waals surface area (Å²) in [5.41, 5.74) is -0.774. The highest BCUT2D eigenvalue weighted by atomic mass is 35.5. The van der Waals surface area contributed by atoms with E-state index in [1.807, 2.05) is 12.1 Å². The van der Waals surface area contributed by atoms with Gasteiger partial charge in [-0.15, -0.1) is 11.3 Å². The van der Waals surface area contributed by atoms with Gasteiger partial charge in [-0.3, -0.25) is 19.9 Å². The highest BCUT2D eigenvalue weighted by molar-refractivity contribution is 7.89. The first kappa shape index (κ1) is 30.1. The molecule has 3 N–H and O–H groups in total. The number of aliphatic imine (C=N–C) groups is 1. The normalized spacial score (nSPS) is 14.8. The number of thiophene rings is 1. The number of aryl methyl sites for hydroxylation is 1. The van der Waals surface area contributed by atoms with Gasteiger partial charge in [-0.2, -0.15) is 4.72 Å². The lowest BCUT2D eigenvalue weighted by Gasteiger charge is -2.24.